The van der Waals surface area contributed by atoms with Crippen LogP contribution >= 0.6 is 0 Å². The maximum Gasteiger partial charge on any atom is 0.0877 e. The van der Waals surface area contributed by atoms with Gasteiger partial charge in [-0.3, -0.25) is 4.90 Å². The molecule has 1 saturated heterocycles. The van der Waals surface area contributed by atoms with Crippen molar-refractivity contribution in [2.45, 2.75) is 32.4 Å². The van der Waals surface area contributed by atoms with Crippen LogP contribution in [0.1, 0.15) is 20.3 Å². The number of hydrogen-bond acceptors (Lipinski definition) is 4. The average molecular weight is 230 g/mol. The number of nitrogens with zero attached hydrogens (tertiary/aromatic N) is 1. The van der Waals surface area contributed by atoms with Crippen molar-refractivity contribution in [3.63, 3.8) is 0 Å². The monoisotopic (exact) mass is 230 g/mol. The molecular weight excluding hydrogens is 204 g/mol. The smallest absolute Gasteiger partial charge is 0.0877 e. The fourth-order valence-electron chi connectivity index (χ4n) is 2.12. The first kappa shape index (κ1) is 13.9. The lowest BCUT2D eigenvalue weighted by Gasteiger charge is -2.36. The maximum atomic E-state index is 5.82. The first-order valence-electron chi connectivity index (χ1n) is 6.40. The Balaban J connectivity index is 2.37. The lowest BCUT2D eigenvalue weighted by molar-refractivity contribution is -0.0592. The molecule has 4 heteroatoms. The predicted octanol–water partition coefficient (Wildman–Crippen LogP) is 0.722. The van der Waals surface area contributed by atoms with Gasteiger partial charge in [0, 0.05) is 19.7 Å². The number of nitrogens with one attached hydrogen (secondary N) is 1. The Bertz CT molecular complexity index is 176. The zero-order valence-electron chi connectivity index (χ0n) is 10.9. The van der Waals surface area contributed by atoms with Gasteiger partial charge in [-0.1, -0.05) is 6.92 Å². The van der Waals surface area contributed by atoms with Crippen LogP contribution in [-0.2, 0) is 9.47 Å². The molecule has 0 aromatic rings. The zero-order valence-corrected chi connectivity index (χ0v) is 10.9. The van der Waals surface area contributed by atoms with E-state index in [9.17, 15) is 0 Å². The second-order valence-corrected chi connectivity index (χ2v) is 4.26. The van der Waals surface area contributed by atoms with E-state index in [0.717, 1.165) is 32.9 Å². The van der Waals surface area contributed by atoms with E-state index in [4.69, 9.17) is 9.47 Å². The van der Waals surface area contributed by atoms with Crippen LogP contribution in [0.5, 0.6) is 0 Å². The number of morpholine rings is 1. The highest BCUT2D eigenvalue weighted by Crippen LogP contribution is 2.09. The van der Waals surface area contributed by atoms with E-state index in [2.05, 4.69) is 17.1 Å². The summed E-state index contributed by atoms with van der Waals surface area (Å²) < 4.78 is 11.3. The average Bonchev–Trinajstić information content (AvgIpc) is 2.31. The molecule has 1 heterocycles. The van der Waals surface area contributed by atoms with Crippen molar-refractivity contribution in [2.24, 2.45) is 0 Å². The van der Waals surface area contributed by atoms with Crippen molar-refractivity contribution >= 4 is 0 Å². The zero-order chi connectivity index (χ0) is 11.8. The minimum absolute atomic E-state index is 0.261. The molecule has 1 aliphatic heterocycles. The van der Waals surface area contributed by atoms with Gasteiger partial charge in [0.2, 0.25) is 0 Å². The summed E-state index contributed by atoms with van der Waals surface area (Å²) in [5.74, 6) is 0. The van der Waals surface area contributed by atoms with Gasteiger partial charge < -0.3 is 14.8 Å². The Kier molecular flexibility index (Phi) is 6.96. The second-order valence-electron chi connectivity index (χ2n) is 4.26. The molecule has 1 N–H and O–H groups in total. The van der Waals surface area contributed by atoms with Crippen LogP contribution in [-0.4, -0.2) is 63.5 Å². The van der Waals surface area contributed by atoms with Crippen LogP contribution < -0.4 is 5.32 Å². The van der Waals surface area contributed by atoms with Gasteiger partial charge in [0.25, 0.3) is 0 Å². The minimum Gasteiger partial charge on any atom is -0.380 e. The topological polar surface area (TPSA) is 33.7 Å². The Morgan fingerprint density at radius 1 is 1.50 bits per heavy atom. The van der Waals surface area contributed by atoms with Crippen molar-refractivity contribution < 1.29 is 9.47 Å². The number of rotatable bonds is 7. The quantitative estimate of drug-likeness (QED) is 0.699. The standard InChI is InChI=1S/C12H26N2O2/c1-4-6-14-7-8-16-12(9-14)11(13-3)10-15-5-2/h11-13H,4-10H2,1-3H3. The molecule has 4 nitrogen and oxygen atoms in total. The second kappa shape index (κ2) is 8.01. The molecule has 0 radical (unpaired) electrons. The molecule has 1 rings (SSSR count). The van der Waals surface area contributed by atoms with Crippen LogP contribution in [0.2, 0.25) is 0 Å². The van der Waals surface area contributed by atoms with E-state index in [1.165, 1.54) is 13.0 Å². The lowest BCUT2D eigenvalue weighted by atomic mass is 10.1. The molecule has 0 aromatic heterocycles. The van der Waals surface area contributed by atoms with E-state index in [1.807, 2.05) is 14.0 Å². The highest BCUT2D eigenvalue weighted by molar-refractivity contribution is 4.82. The van der Waals surface area contributed by atoms with Gasteiger partial charge in [0.05, 0.1) is 25.4 Å². The Morgan fingerprint density at radius 2 is 2.31 bits per heavy atom. The van der Waals surface area contributed by atoms with Gasteiger partial charge in [-0.2, -0.15) is 0 Å². The van der Waals surface area contributed by atoms with Gasteiger partial charge >= 0.3 is 0 Å². The van der Waals surface area contributed by atoms with Gasteiger partial charge in [-0.05, 0) is 26.9 Å². The Labute approximate surface area is 99.3 Å². The van der Waals surface area contributed by atoms with Gasteiger partial charge in [0.15, 0.2) is 0 Å². The summed E-state index contributed by atoms with van der Waals surface area (Å²) in [7, 11) is 1.98. The van der Waals surface area contributed by atoms with Crippen molar-refractivity contribution in [3.05, 3.63) is 0 Å². The van der Waals surface area contributed by atoms with Crippen LogP contribution in [0, 0.1) is 0 Å². The molecule has 0 aliphatic carbocycles. The molecule has 1 fully saturated rings. The third-order valence-electron chi connectivity index (χ3n) is 3.04. The minimum atomic E-state index is 0.261. The SMILES string of the molecule is CCCN1CCOC(C(COCC)NC)C1. The van der Waals surface area contributed by atoms with E-state index in [1.54, 1.807) is 0 Å². The van der Waals surface area contributed by atoms with E-state index in [0.29, 0.717) is 6.04 Å². The van der Waals surface area contributed by atoms with Crippen molar-refractivity contribution in [1.82, 2.24) is 10.2 Å². The maximum absolute atomic E-state index is 5.82. The number of ether oxygens (including phenoxy) is 2. The molecule has 2 atom stereocenters. The summed E-state index contributed by atoms with van der Waals surface area (Å²) in [6.45, 7) is 9.85. The highest BCUT2D eigenvalue weighted by atomic mass is 16.5. The normalized spacial score (nSPS) is 24.6. The van der Waals surface area contributed by atoms with E-state index >= 15 is 0 Å². The first-order valence-corrected chi connectivity index (χ1v) is 6.40. The summed E-state index contributed by atoms with van der Waals surface area (Å²) >= 11 is 0. The summed E-state index contributed by atoms with van der Waals surface area (Å²) in [6.07, 6.45) is 1.47. The molecule has 0 aromatic carbocycles. The predicted molar refractivity (Wildman–Crippen MR) is 65.8 cm³/mol. The summed E-state index contributed by atoms with van der Waals surface area (Å²) in [5.41, 5.74) is 0. The molecule has 0 bridgehead atoms. The Hall–Kier alpha value is -0.160. The molecule has 0 spiro atoms. The Morgan fingerprint density at radius 3 is 2.94 bits per heavy atom. The largest absolute Gasteiger partial charge is 0.380 e. The van der Waals surface area contributed by atoms with Gasteiger partial charge in [-0.25, -0.2) is 0 Å². The van der Waals surface area contributed by atoms with E-state index < -0.39 is 0 Å². The van der Waals surface area contributed by atoms with Crippen molar-refractivity contribution in [3.8, 4) is 0 Å². The van der Waals surface area contributed by atoms with Crippen LogP contribution in [0.3, 0.4) is 0 Å². The van der Waals surface area contributed by atoms with Crippen LogP contribution in [0.25, 0.3) is 0 Å². The molecule has 0 saturated carbocycles. The third-order valence-corrected chi connectivity index (χ3v) is 3.04. The fraction of sp³-hybridized carbons (Fsp3) is 1.00. The summed E-state index contributed by atoms with van der Waals surface area (Å²) in [5, 5.41) is 3.29. The molecule has 0 amide bonds. The lowest BCUT2D eigenvalue weighted by Crippen LogP contribution is -2.53. The first-order chi connectivity index (χ1) is 7.81. The van der Waals surface area contributed by atoms with Gasteiger partial charge in [0.1, 0.15) is 0 Å². The van der Waals surface area contributed by atoms with Crippen molar-refractivity contribution in [2.75, 3.05) is 46.5 Å². The molecule has 16 heavy (non-hydrogen) atoms. The number of likely N-dealkylation sites (N-methyl/N-ethyl adjacent to an activating group) is 1. The van der Waals surface area contributed by atoms with Crippen LogP contribution in [0.4, 0.5) is 0 Å². The highest BCUT2D eigenvalue weighted by Gasteiger charge is 2.26. The summed E-state index contributed by atoms with van der Waals surface area (Å²) in [4.78, 5) is 2.48. The third kappa shape index (κ3) is 4.37. The molecular formula is C12H26N2O2. The van der Waals surface area contributed by atoms with E-state index in [-0.39, 0.29) is 6.10 Å². The summed E-state index contributed by atoms with van der Waals surface area (Å²) in [6, 6.07) is 0.305. The molecule has 1 aliphatic rings. The van der Waals surface area contributed by atoms with Crippen LogP contribution in [0.15, 0.2) is 0 Å². The van der Waals surface area contributed by atoms with Crippen molar-refractivity contribution in [1.29, 1.82) is 0 Å². The molecule has 96 valence electrons. The molecule has 2 unspecified atom stereocenters. The number of hydrogen-bond donors (Lipinski definition) is 1. The fourth-order valence-corrected chi connectivity index (χ4v) is 2.12. The van der Waals surface area contributed by atoms with Gasteiger partial charge in [-0.15, -0.1) is 0 Å².